The third-order valence-electron chi connectivity index (χ3n) is 4.14. The maximum absolute atomic E-state index is 11.5. The van der Waals surface area contributed by atoms with Gasteiger partial charge in [0.05, 0.1) is 11.3 Å². The number of rotatable bonds is 4. The van der Waals surface area contributed by atoms with E-state index in [1.54, 1.807) is 10.7 Å². The Kier molecular flexibility index (Phi) is 3.67. The van der Waals surface area contributed by atoms with E-state index in [1.807, 2.05) is 18.3 Å². The van der Waals surface area contributed by atoms with E-state index in [4.69, 9.17) is 5.73 Å². The van der Waals surface area contributed by atoms with Crippen molar-refractivity contribution in [1.29, 1.82) is 0 Å². The summed E-state index contributed by atoms with van der Waals surface area (Å²) in [5.74, 6) is 0.0928. The minimum Gasteiger partial charge on any atom is -0.366 e. The lowest BCUT2D eigenvalue weighted by Gasteiger charge is -2.09. The number of hydrogen-bond acceptors (Lipinski definition) is 2. The van der Waals surface area contributed by atoms with Crippen molar-refractivity contribution in [3.8, 4) is 5.69 Å². The van der Waals surface area contributed by atoms with Crippen LogP contribution in [0.5, 0.6) is 0 Å². The number of primary amides is 1. The fourth-order valence-corrected chi connectivity index (χ4v) is 2.57. The molecule has 0 aliphatic carbocycles. The van der Waals surface area contributed by atoms with Crippen LogP contribution in [0.4, 0.5) is 0 Å². The fraction of sp³-hybridized carbons (Fsp3) is 0.222. The molecule has 0 aliphatic heterocycles. The number of fused-ring (bicyclic) bond motifs is 1. The molecule has 1 heterocycles. The van der Waals surface area contributed by atoms with Crippen LogP contribution in [0.25, 0.3) is 16.6 Å². The zero-order chi connectivity index (χ0) is 15.7. The molecule has 1 aromatic heterocycles. The quantitative estimate of drug-likeness (QED) is 0.798. The van der Waals surface area contributed by atoms with Crippen LogP contribution in [-0.4, -0.2) is 15.7 Å². The second-order valence-electron chi connectivity index (χ2n) is 5.58. The monoisotopic (exact) mass is 293 g/mol. The van der Waals surface area contributed by atoms with Gasteiger partial charge in [-0.15, -0.1) is 0 Å². The molecule has 3 rings (SSSR count). The predicted molar refractivity (Wildman–Crippen MR) is 88.3 cm³/mol. The molecule has 4 heteroatoms. The van der Waals surface area contributed by atoms with Crippen molar-refractivity contribution in [3.05, 3.63) is 59.8 Å². The average Bonchev–Trinajstić information content (AvgIpc) is 2.98. The number of aromatic nitrogens is 2. The lowest BCUT2D eigenvalue weighted by atomic mass is 9.99. The molecule has 0 spiro atoms. The van der Waals surface area contributed by atoms with Crippen LogP contribution in [0.1, 0.15) is 42.1 Å². The van der Waals surface area contributed by atoms with Gasteiger partial charge in [0.2, 0.25) is 0 Å². The first-order valence-electron chi connectivity index (χ1n) is 7.48. The summed E-state index contributed by atoms with van der Waals surface area (Å²) in [4.78, 5) is 11.5. The molecule has 2 N–H and O–H groups in total. The molecule has 1 unspecified atom stereocenters. The Morgan fingerprint density at radius 1 is 1.23 bits per heavy atom. The largest absolute Gasteiger partial charge is 0.366 e. The minimum absolute atomic E-state index is 0.451. The maximum atomic E-state index is 11.5. The van der Waals surface area contributed by atoms with Gasteiger partial charge in [-0.2, -0.15) is 5.10 Å². The normalized spacial score (nSPS) is 12.5. The molecule has 0 aliphatic rings. The van der Waals surface area contributed by atoms with Crippen LogP contribution >= 0.6 is 0 Å². The van der Waals surface area contributed by atoms with Gasteiger partial charge in [0.1, 0.15) is 5.52 Å². The Bertz CT molecular complexity index is 818. The van der Waals surface area contributed by atoms with Gasteiger partial charge in [0, 0.05) is 11.6 Å². The van der Waals surface area contributed by atoms with Gasteiger partial charge < -0.3 is 5.73 Å². The van der Waals surface area contributed by atoms with Gasteiger partial charge in [-0.25, -0.2) is 4.68 Å². The third-order valence-corrected chi connectivity index (χ3v) is 4.14. The lowest BCUT2D eigenvalue weighted by Crippen LogP contribution is -2.11. The molecule has 112 valence electrons. The lowest BCUT2D eigenvalue weighted by molar-refractivity contribution is 0.100. The van der Waals surface area contributed by atoms with Crippen LogP contribution < -0.4 is 5.73 Å². The van der Waals surface area contributed by atoms with Crippen molar-refractivity contribution < 1.29 is 4.79 Å². The van der Waals surface area contributed by atoms with Crippen molar-refractivity contribution in [1.82, 2.24) is 9.78 Å². The molecule has 0 radical (unpaired) electrons. The van der Waals surface area contributed by atoms with E-state index in [0.717, 1.165) is 17.5 Å². The van der Waals surface area contributed by atoms with Crippen molar-refractivity contribution in [2.45, 2.75) is 26.2 Å². The Balaban J connectivity index is 2.03. The highest BCUT2D eigenvalue weighted by Crippen LogP contribution is 2.22. The topological polar surface area (TPSA) is 60.9 Å². The van der Waals surface area contributed by atoms with E-state index in [9.17, 15) is 4.79 Å². The van der Waals surface area contributed by atoms with Gasteiger partial charge in [0.25, 0.3) is 5.91 Å². The van der Waals surface area contributed by atoms with Gasteiger partial charge in [-0.3, -0.25) is 4.79 Å². The van der Waals surface area contributed by atoms with Crippen LogP contribution in [0.2, 0.25) is 0 Å². The predicted octanol–water partition coefficient (Wildman–Crippen LogP) is 3.64. The van der Waals surface area contributed by atoms with Gasteiger partial charge in [-0.05, 0) is 36.1 Å². The summed E-state index contributed by atoms with van der Waals surface area (Å²) in [6.07, 6.45) is 3.03. The Labute approximate surface area is 129 Å². The summed E-state index contributed by atoms with van der Waals surface area (Å²) in [6, 6.07) is 13.8. The van der Waals surface area contributed by atoms with Crippen molar-refractivity contribution >= 4 is 16.8 Å². The highest BCUT2D eigenvalue weighted by molar-refractivity contribution is 6.04. The molecule has 0 bridgehead atoms. The molecular formula is C18H19N3O. The van der Waals surface area contributed by atoms with E-state index < -0.39 is 5.91 Å². The SMILES string of the molecule is CCC(C)c1ccc(-n2cc3cccc(C(N)=O)c3n2)cc1. The number of nitrogens with two attached hydrogens (primary N) is 1. The van der Waals surface area contributed by atoms with Crippen LogP contribution in [-0.2, 0) is 0 Å². The summed E-state index contributed by atoms with van der Waals surface area (Å²) >= 11 is 0. The Hall–Kier alpha value is -2.62. The molecule has 0 saturated heterocycles. The molecule has 22 heavy (non-hydrogen) atoms. The van der Waals surface area contributed by atoms with Gasteiger partial charge >= 0.3 is 0 Å². The van der Waals surface area contributed by atoms with Crippen molar-refractivity contribution in [3.63, 3.8) is 0 Å². The van der Waals surface area contributed by atoms with Crippen LogP contribution in [0.3, 0.4) is 0 Å². The minimum atomic E-state index is -0.456. The molecular weight excluding hydrogens is 274 g/mol. The zero-order valence-electron chi connectivity index (χ0n) is 12.8. The molecule has 4 nitrogen and oxygen atoms in total. The highest BCUT2D eigenvalue weighted by Gasteiger charge is 2.11. The van der Waals surface area contributed by atoms with Crippen LogP contribution in [0, 0.1) is 0 Å². The summed E-state index contributed by atoms with van der Waals surface area (Å²) in [7, 11) is 0. The first-order valence-corrected chi connectivity index (χ1v) is 7.48. The van der Waals surface area contributed by atoms with Gasteiger partial charge in [0.15, 0.2) is 0 Å². The number of amides is 1. The summed E-state index contributed by atoms with van der Waals surface area (Å²) in [6.45, 7) is 4.40. The van der Waals surface area contributed by atoms with Crippen molar-refractivity contribution in [2.75, 3.05) is 0 Å². The van der Waals surface area contributed by atoms with E-state index in [0.29, 0.717) is 17.0 Å². The first kappa shape index (κ1) is 14.3. The fourth-order valence-electron chi connectivity index (χ4n) is 2.57. The third kappa shape index (κ3) is 2.48. The molecule has 0 fully saturated rings. The van der Waals surface area contributed by atoms with E-state index >= 15 is 0 Å². The Morgan fingerprint density at radius 2 is 1.95 bits per heavy atom. The van der Waals surface area contributed by atoms with Gasteiger partial charge in [-0.1, -0.05) is 38.1 Å². The second-order valence-corrected chi connectivity index (χ2v) is 5.58. The number of hydrogen-bond donors (Lipinski definition) is 1. The molecule has 2 aromatic carbocycles. The van der Waals surface area contributed by atoms with E-state index in [1.165, 1.54) is 5.56 Å². The standard InChI is InChI=1S/C18H19N3O/c1-3-12(2)13-7-9-15(10-8-13)21-11-14-5-4-6-16(18(19)22)17(14)20-21/h4-12H,3H2,1-2H3,(H2,19,22). The smallest absolute Gasteiger partial charge is 0.250 e. The summed E-state index contributed by atoms with van der Waals surface area (Å²) in [5.41, 5.74) is 8.79. The molecule has 0 saturated carbocycles. The average molecular weight is 293 g/mol. The second kappa shape index (κ2) is 5.64. The number of carbonyl (C=O) groups is 1. The highest BCUT2D eigenvalue weighted by atomic mass is 16.1. The molecule has 1 atom stereocenters. The maximum Gasteiger partial charge on any atom is 0.250 e. The van der Waals surface area contributed by atoms with E-state index in [-0.39, 0.29) is 0 Å². The first-order chi connectivity index (χ1) is 10.6. The number of carbonyl (C=O) groups excluding carboxylic acids is 1. The summed E-state index contributed by atoms with van der Waals surface area (Å²) < 4.78 is 1.79. The zero-order valence-corrected chi connectivity index (χ0v) is 12.8. The molecule has 3 aromatic rings. The van der Waals surface area contributed by atoms with Crippen LogP contribution in [0.15, 0.2) is 48.7 Å². The Morgan fingerprint density at radius 3 is 2.59 bits per heavy atom. The summed E-state index contributed by atoms with van der Waals surface area (Å²) in [5, 5.41) is 5.42. The number of nitrogens with zero attached hydrogens (tertiary/aromatic N) is 2. The van der Waals surface area contributed by atoms with E-state index in [2.05, 4.69) is 43.2 Å². The van der Waals surface area contributed by atoms with Crippen molar-refractivity contribution in [2.24, 2.45) is 5.73 Å². The molecule has 1 amide bonds. The number of benzene rings is 2.